The quantitative estimate of drug-likeness (QED) is 0.745. The molecule has 1 fully saturated rings. The van der Waals surface area contributed by atoms with E-state index in [1.165, 1.54) is 25.5 Å². The maximum Gasteiger partial charge on any atom is 0.257 e. The summed E-state index contributed by atoms with van der Waals surface area (Å²) in [5, 5.41) is 11.2. The van der Waals surface area contributed by atoms with Gasteiger partial charge in [-0.05, 0) is 26.7 Å². The summed E-state index contributed by atoms with van der Waals surface area (Å²) in [6.07, 6.45) is 6.10. The first-order valence-electron chi connectivity index (χ1n) is 9.45. The molecule has 1 aliphatic carbocycles. The molecule has 2 aromatic rings. The summed E-state index contributed by atoms with van der Waals surface area (Å²) in [4.78, 5) is 8.64. The second kappa shape index (κ2) is 7.50. The van der Waals surface area contributed by atoms with Gasteiger partial charge in [-0.3, -0.25) is 4.68 Å². The number of halogens is 2. The van der Waals surface area contributed by atoms with Crippen LogP contribution in [0.5, 0.6) is 5.88 Å². The molecule has 2 aliphatic rings. The second-order valence-electron chi connectivity index (χ2n) is 7.28. The minimum Gasteiger partial charge on any atom is -0.472 e. The van der Waals surface area contributed by atoms with Gasteiger partial charge >= 0.3 is 0 Å². The van der Waals surface area contributed by atoms with Crippen molar-refractivity contribution in [3.8, 4) is 5.88 Å². The van der Waals surface area contributed by atoms with Gasteiger partial charge < -0.3 is 15.4 Å². The Balaban J connectivity index is 1.74. The predicted molar refractivity (Wildman–Crippen MR) is 103 cm³/mol. The van der Waals surface area contributed by atoms with Crippen molar-refractivity contribution < 1.29 is 9.13 Å². The van der Waals surface area contributed by atoms with Crippen molar-refractivity contribution in [1.82, 2.24) is 19.7 Å². The lowest BCUT2D eigenvalue weighted by Gasteiger charge is -2.23. The molecular weight excluding hydrogens is 371 g/mol. The van der Waals surface area contributed by atoms with Gasteiger partial charge in [0.05, 0.1) is 24.0 Å². The Morgan fingerprint density at radius 2 is 2.07 bits per heavy atom. The number of ether oxygens (including phenoxy) is 1. The van der Waals surface area contributed by atoms with Crippen molar-refractivity contribution in [2.45, 2.75) is 64.2 Å². The van der Waals surface area contributed by atoms with E-state index in [2.05, 4.69) is 25.7 Å². The molecule has 4 rings (SSSR count). The summed E-state index contributed by atoms with van der Waals surface area (Å²) in [7, 11) is 0. The van der Waals surface area contributed by atoms with Crippen LogP contribution in [0.1, 0.15) is 50.8 Å². The van der Waals surface area contributed by atoms with Gasteiger partial charge in [-0.25, -0.2) is 9.37 Å². The van der Waals surface area contributed by atoms with Crippen LogP contribution in [0.15, 0.2) is 6.20 Å². The fraction of sp³-hybridized carbons (Fsp3) is 0.611. The minimum absolute atomic E-state index is 0.106. The van der Waals surface area contributed by atoms with Crippen LogP contribution in [0, 0.1) is 6.92 Å². The SMILES string of the molecule is Cc1c2c(nn1C1CCCCC1)OCC(F)C(C)Nc1nc(ncc1Cl)N2. The lowest BCUT2D eigenvalue weighted by molar-refractivity contribution is 0.175. The lowest BCUT2D eigenvalue weighted by atomic mass is 9.95. The highest BCUT2D eigenvalue weighted by Crippen LogP contribution is 2.37. The van der Waals surface area contributed by atoms with Crippen LogP contribution in [0.3, 0.4) is 0 Å². The van der Waals surface area contributed by atoms with Crippen molar-refractivity contribution in [3.63, 3.8) is 0 Å². The van der Waals surface area contributed by atoms with Gasteiger partial charge in [0.25, 0.3) is 5.88 Å². The molecule has 1 saturated carbocycles. The van der Waals surface area contributed by atoms with Gasteiger partial charge in [-0.15, -0.1) is 5.10 Å². The van der Waals surface area contributed by atoms with Crippen LogP contribution in [-0.4, -0.2) is 38.6 Å². The highest BCUT2D eigenvalue weighted by molar-refractivity contribution is 6.32. The highest BCUT2D eigenvalue weighted by atomic mass is 35.5. The number of aromatic nitrogens is 4. The van der Waals surface area contributed by atoms with E-state index in [0.29, 0.717) is 34.4 Å². The third kappa shape index (κ3) is 3.67. The van der Waals surface area contributed by atoms with E-state index in [9.17, 15) is 4.39 Å². The number of hydrogen-bond donors (Lipinski definition) is 2. The molecule has 0 amide bonds. The molecule has 0 aromatic carbocycles. The van der Waals surface area contributed by atoms with Crippen LogP contribution >= 0.6 is 11.6 Å². The Hall–Kier alpha value is -2.09. The van der Waals surface area contributed by atoms with Crippen molar-refractivity contribution in [1.29, 1.82) is 0 Å². The molecule has 7 nitrogen and oxygen atoms in total. The summed E-state index contributed by atoms with van der Waals surface area (Å²) in [6.45, 7) is 3.61. The maximum atomic E-state index is 14.6. The van der Waals surface area contributed by atoms with E-state index in [4.69, 9.17) is 16.3 Å². The average Bonchev–Trinajstić information content (AvgIpc) is 2.97. The van der Waals surface area contributed by atoms with Gasteiger partial charge in [0.1, 0.15) is 17.3 Å². The van der Waals surface area contributed by atoms with E-state index in [0.717, 1.165) is 18.5 Å². The maximum absolute atomic E-state index is 14.6. The third-order valence-electron chi connectivity index (χ3n) is 5.31. The topological polar surface area (TPSA) is 76.9 Å². The Morgan fingerprint density at radius 3 is 2.85 bits per heavy atom. The average molecular weight is 395 g/mol. The monoisotopic (exact) mass is 394 g/mol. The zero-order valence-corrected chi connectivity index (χ0v) is 16.3. The molecule has 2 aromatic heterocycles. The number of rotatable bonds is 1. The number of anilines is 3. The van der Waals surface area contributed by atoms with E-state index in [1.807, 2.05) is 11.6 Å². The summed E-state index contributed by atoms with van der Waals surface area (Å²) in [5.74, 6) is 1.14. The summed E-state index contributed by atoms with van der Waals surface area (Å²) >= 11 is 6.16. The van der Waals surface area contributed by atoms with Crippen molar-refractivity contribution >= 4 is 29.1 Å². The first-order chi connectivity index (χ1) is 13.0. The summed E-state index contributed by atoms with van der Waals surface area (Å²) < 4.78 is 22.4. The molecule has 0 saturated heterocycles. The van der Waals surface area contributed by atoms with Crippen LogP contribution in [-0.2, 0) is 0 Å². The fourth-order valence-corrected chi connectivity index (χ4v) is 3.81. The summed E-state index contributed by atoms with van der Waals surface area (Å²) in [5.41, 5.74) is 1.61. The molecule has 2 N–H and O–H groups in total. The molecule has 0 radical (unpaired) electrons. The van der Waals surface area contributed by atoms with Gasteiger partial charge in [0, 0.05) is 0 Å². The first-order valence-corrected chi connectivity index (χ1v) is 9.83. The van der Waals surface area contributed by atoms with Crippen molar-refractivity contribution in [2.75, 3.05) is 17.2 Å². The minimum atomic E-state index is -1.24. The van der Waals surface area contributed by atoms with Crippen molar-refractivity contribution in [2.24, 2.45) is 0 Å². The normalized spacial score (nSPS) is 23.4. The van der Waals surface area contributed by atoms with Gasteiger partial charge in [0.2, 0.25) is 5.95 Å². The molecule has 146 valence electrons. The molecule has 2 unspecified atom stereocenters. The number of alkyl halides is 1. The van der Waals surface area contributed by atoms with Gasteiger partial charge in [-0.1, -0.05) is 30.9 Å². The lowest BCUT2D eigenvalue weighted by Crippen LogP contribution is -2.32. The molecule has 0 spiro atoms. The molecule has 3 heterocycles. The summed E-state index contributed by atoms with van der Waals surface area (Å²) in [6, 6.07) is -0.179. The number of nitrogens with one attached hydrogen (secondary N) is 2. The zero-order valence-electron chi connectivity index (χ0n) is 15.5. The Bertz CT molecular complexity index is 822. The zero-order chi connectivity index (χ0) is 19.0. The highest BCUT2D eigenvalue weighted by Gasteiger charge is 2.27. The molecule has 2 bridgehead atoms. The Labute approximate surface area is 162 Å². The van der Waals surface area contributed by atoms with Crippen LogP contribution < -0.4 is 15.4 Å². The number of nitrogens with zero attached hydrogens (tertiary/aromatic N) is 4. The molecule has 1 aliphatic heterocycles. The number of fused-ring (bicyclic) bond motifs is 3. The van der Waals surface area contributed by atoms with Crippen LogP contribution in [0.4, 0.5) is 21.8 Å². The first kappa shape index (κ1) is 18.3. The second-order valence-corrected chi connectivity index (χ2v) is 7.68. The standard InChI is InChI=1S/C18H24ClFN6O/c1-10-14(20)9-27-17-15(23-18-21-8-13(19)16(22-10)24-18)11(2)26(25-17)12-6-4-3-5-7-12/h8,10,12,14H,3-7,9H2,1-2H3,(H2,21,22,23,24). The van der Waals surface area contributed by atoms with Gasteiger partial charge in [0.15, 0.2) is 12.0 Å². The number of hydrogen-bond acceptors (Lipinski definition) is 6. The van der Waals surface area contributed by atoms with Crippen molar-refractivity contribution in [3.05, 3.63) is 16.9 Å². The molecule has 2 atom stereocenters. The van der Waals surface area contributed by atoms with Crippen LogP contribution in [0.2, 0.25) is 5.02 Å². The third-order valence-corrected chi connectivity index (χ3v) is 5.58. The largest absolute Gasteiger partial charge is 0.472 e. The van der Waals surface area contributed by atoms with E-state index in [-0.39, 0.29) is 6.61 Å². The smallest absolute Gasteiger partial charge is 0.257 e. The fourth-order valence-electron chi connectivity index (χ4n) is 3.67. The molecule has 9 heteroatoms. The van der Waals surface area contributed by atoms with Crippen LogP contribution in [0.25, 0.3) is 0 Å². The van der Waals surface area contributed by atoms with E-state index < -0.39 is 12.2 Å². The Morgan fingerprint density at radius 1 is 1.30 bits per heavy atom. The van der Waals surface area contributed by atoms with Gasteiger partial charge in [-0.2, -0.15) is 4.98 Å². The van der Waals surface area contributed by atoms with E-state index >= 15 is 0 Å². The molecular formula is C18H24ClFN6O. The predicted octanol–water partition coefficient (Wildman–Crippen LogP) is 4.41. The Kier molecular flexibility index (Phi) is 5.08. The molecule has 27 heavy (non-hydrogen) atoms. The van der Waals surface area contributed by atoms with E-state index in [1.54, 1.807) is 6.92 Å².